The van der Waals surface area contributed by atoms with Crippen LogP contribution in [0.25, 0.3) is 0 Å². The number of aliphatic hydroxyl groups is 1. The molecule has 2 nitrogen and oxygen atoms in total. The van der Waals surface area contributed by atoms with Gasteiger partial charge < -0.3 is 9.84 Å². The van der Waals surface area contributed by atoms with E-state index < -0.39 is 5.60 Å². The van der Waals surface area contributed by atoms with Crippen LogP contribution in [0.1, 0.15) is 32.3 Å². The Morgan fingerprint density at radius 1 is 1.33 bits per heavy atom. The van der Waals surface area contributed by atoms with Crippen LogP contribution in [0.2, 0.25) is 10.0 Å². The predicted octanol–water partition coefficient (Wildman–Crippen LogP) is 4.02. The molecule has 100 valence electrons. The van der Waals surface area contributed by atoms with E-state index in [-0.39, 0.29) is 6.10 Å². The largest absolute Gasteiger partial charge is 0.385 e. The van der Waals surface area contributed by atoms with Crippen molar-refractivity contribution >= 4 is 23.2 Å². The highest BCUT2D eigenvalue weighted by Crippen LogP contribution is 2.38. The quantitative estimate of drug-likeness (QED) is 0.891. The monoisotopic (exact) mass is 288 g/mol. The number of hydrogen-bond acceptors (Lipinski definition) is 2. The fourth-order valence-electron chi connectivity index (χ4n) is 2.35. The van der Waals surface area contributed by atoms with E-state index in [1.54, 1.807) is 12.1 Å². The van der Waals surface area contributed by atoms with Gasteiger partial charge in [0.2, 0.25) is 0 Å². The molecule has 1 aromatic carbocycles. The molecule has 18 heavy (non-hydrogen) atoms. The molecule has 2 atom stereocenters. The van der Waals surface area contributed by atoms with Crippen LogP contribution in [-0.4, -0.2) is 17.8 Å². The van der Waals surface area contributed by atoms with Gasteiger partial charge in [-0.3, -0.25) is 0 Å². The molecule has 0 aliphatic carbocycles. The molecule has 0 amide bonds. The van der Waals surface area contributed by atoms with Gasteiger partial charge in [0, 0.05) is 12.8 Å². The third kappa shape index (κ3) is 2.83. The first kappa shape index (κ1) is 14.1. The second-order valence-electron chi connectivity index (χ2n) is 5.27. The number of hydrogen-bond donors (Lipinski definition) is 1. The van der Waals surface area contributed by atoms with E-state index in [1.165, 1.54) is 0 Å². The van der Waals surface area contributed by atoms with Gasteiger partial charge in [-0.25, -0.2) is 0 Å². The zero-order valence-electron chi connectivity index (χ0n) is 10.6. The first-order valence-corrected chi connectivity index (χ1v) is 6.97. The van der Waals surface area contributed by atoms with Gasteiger partial charge in [-0.05, 0) is 23.6 Å². The normalized spacial score (nSPS) is 28.7. The molecule has 2 rings (SSSR count). The van der Waals surface area contributed by atoms with Gasteiger partial charge in [-0.2, -0.15) is 0 Å². The molecule has 0 aromatic heterocycles. The molecule has 1 aliphatic heterocycles. The number of halogens is 2. The van der Waals surface area contributed by atoms with Crippen molar-refractivity contribution in [1.82, 2.24) is 0 Å². The Balaban J connectivity index is 2.26. The topological polar surface area (TPSA) is 29.5 Å². The standard InChI is InChI=1S/C14H18Cl2O2/c1-9(2)13-8-14(17,5-6-18-13)10-3-4-11(15)12(16)7-10/h3-4,7,9,13,17H,5-6,8H2,1-2H3. The van der Waals surface area contributed by atoms with Crippen molar-refractivity contribution in [1.29, 1.82) is 0 Å². The van der Waals surface area contributed by atoms with Crippen molar-refractivity contribution in [2.75, 3.05) is 6.61 Å². The summed E-state index contributed by atoms with van der Waals surface area (Å²) in [4.78, 5) is 0. The van der Waals surface area contributed by atoms with E-state index in [1.807, 2.05) is 6.07 Å². The van der Waals surface area contributed by atoms with E-state index in [0.717, 1.165) is 5.56 Å². The molecule has 4 heteroatoms. The van der Waals surface area contributed by atoms with Gasteiger partial charge in [0.1, 0.15) is 0 Å². The lowest BCUT2D eigenvalue weighted by Crippen LogP contribution is -2.40. The maximum atomic E-state index is 10.8. The molecule has 1 saturated heterocycles. The minimum Gasteiger partial charge on any atom is -0.385 e. The summed E-state index contributed by atoms with van der Waals surface area (Å²) in [6, 6.07) is 5.33. The summed E-state index contributed by atoms with van der Waals surface area (Å²) >= 11 is 11.9. The van der Waals surface area contributed by atoms with Gasteiger partial charge in [0.05, 0.1) is 28.4 Å². The van der Waals surface area contributed by atoms with Crippen LogP contribution in [0.3, 0.4) is 0 Å². The maximum absolute atomic E-state index is 10.8. The first-order valence-electron chi connectivity index (χ1n) is 6.22. The van der Waals surface area contributed by atoms with Crippen molar-refractivity contribution in [2.24, 2.45) is 5.92 Å². The van der Waals surface area contributed by atoms with Crippen molar-refractivity contribution < 1.29 is 9.84 Å². The van der Waals surface area contributed by atoms with E-state index in [4.69, 9.17) is 27.9 Å². The van der Waals surface area contributed by atoms with Gasteiger partial charge in [0.15, 0.2) is 0 Å². The van der Waals surface area contributed by atoms with E-state index in [0.29, 0.717) is 35.4 Å². The third-order valence-corrected chi connectivity index (χ3v) is 4.33. The molecular weight excluding hydrogens is 271 g/mol. The zero-order chi connectivity index (χ0) is 13.3. The smallest absolute Gasteiger partial charge is 0.0943 e. The highest BCUT2D eigenvalue weighted by Gasteiger charge is 2.37. The summed E-state index contributed by atoms with van der Waals surface area (Å²) in [7, 11) is 0. The average Bonchev–Trinajstić information content (AvgIpc) is 2.32. The lowest BCUT2D eigenvalue weighted by atomic mass is 9.81. The summed E-state index contributed by atoms with van der Waals surface area (Å²) in [6.45, 7) is 4.77. The first-order chi connectivity index (χ1) is 8.42. The maximum Gasteiger partial charge on any atom is 0.0943 e. The molecule has 0 spiro atoms. The predicted molar refractivity (Wildman–Crippen MR) is 74.2 cm³/mol. The van der Waals surface area contributed by atoms with Gasteiger partial charge in [-0.1, -0.05) is 43.1 Å². The number of ether oxygens (including phenoxy) is 1. The average molecular weight is 289 g/mol. The van der Waals surface area contributed by atoms with Crippen LogP contribution in [0, 0.1) is 5.92 Å². The van der Waals surface area contributed by atoms with Crippen molar-refractivity contribution in [3.05, 3.63) is 33.8 Å². The molecule has 1 N–H and O–H groups in total. The van der Waals surface area contributed by atoms with Crippen LogP contribution < -0.4 is 0 Å². The van der Waals surface area contributed by atoms with E-state index >= 15 is 0 Å². The lowest BCUT2D eigenvalue weighted by Gasteiger charge is -2.39. The Hall–Kier alpha value is -0.280. The van der Waals surface area contributed by atoms with Gasteiger partial charge in [-0.15, -0.1) is 0 Å². The third-order valence-electron chi connectivity index (χ3n) is 3.59. The Labute approximate surface area is 118 Å². The lowest BCUT2D eigenvalue weighted by molar-refractivity contribution is -0.121. The van der Waals surface area contributed by atoms with Crippen molar-refractivity contribution in [2.45, 2.75) is 38.4 Å². The SMILES string of the molecule is CC(C)C1CC(O)(c2ccc(Cl)c(Cl)c2)CCO1. The molecule has 1 aliphatic rings. The van der Waals surface area contributed by atoms with Crippen LogP contribution in [-0.2, 0) is 10.3 Å². The summed E-state index contributed by atoms with van der Waals surface area (Å²) in [6.07, 6.45) is 1.27. The van der Waals surface area contributed by atoms with Gasteiger partial charge >= 0.3 is 0 Å². The summed E-state index contributed by atoms with van der Waals surface area (Å²) in [5.74, 6) is 0.389. The molecular formula is C14H18Cl2O2. The molecule has 0 bridgehead atoms. The van der Waals surface area contributed by atoms with Crippen LogP contribution in [0.15, 0.2) is 18.2 Å². The fraction of sp³-hybridized carbons (Fsp3) is 0.571. The van der Waals surface area contributed by atoms with E-state index in [9.17, 15) is 5.11 Å². The molecule has 1 fully saturated rings. The zero-order valence-corrected chi connectivity index (χ0v) is 12.1. The number of rotatable bonds is 2. The van der Waals surface area contributed by atoms with Crippen molar-refractivity contribution in [3.8, 4) is 0 Å². The Bertz CT molecular complexity index is 434. The summed E-state index contributed by atoms with van der Waals surface area (Å²) in [5.41, 5.74) is -0.0348. The minimum absolute atomic E-state index is 0.0817. The fourth-order valence-corrected chi connectivity index (χ4v) is 2.65. The van der Waals surface area contributed by atoms with Crippen LogP contribution in [0.5, 0.6) is 0 Å². The Morgan fingerprint density at radius 2 is 2.06 bits per heavy atom. The van der Waals surface area contributed by atoms with Crippen LogP contribution in [0.4, 0.5) is 0 Å². The number of benzene rings is 1. The summed E-state index contributed by atoms with van der Waals surface area (Å²) < 4.78 is 5.69. The highest BCUT2D eigenvalue weighted by atomic mass is 35.5. The Kier molecular flexibility index (Phi) is 4.22. The van der Waals surface area contributed by atoms with Gasteiger partial charge in [0.25, 0.3) is 0 Å². The van der Waals surface area contributed by atoms with E-state index in [2.05, 4.69) is 13.8 Å². The molecule has 1 aromatic rings. The van der Waals surface area contributed by atoms with Crippen molar-refractivity contribution in [3.63, 3.8) is 0 Å². The Morgan fingerprint density at radius 3 is 2.67 bits per heavy atom. The second-order valence-corrected chi connectivity index (χ2v) is 6.08. The minimum atomic E-state index is -0.860. The highest BCUT2D eigenvalue weighted by molar-refractivity contribution is 6.42. The molecule has 0 radical (unpaired) electrons. The summed E-state index contributed by atoms with van der Waals surface area (Å²) in [5, 5.41) is 11.8. The molecule has 0 saturated carbocycles. The second kappa shape index (κ2) is 5.38. The molecule has 2 unspecified atom stereocenters. The molecule has 1 heterocycles. The van der Waals surface area contributed by atoms with Crippen LogP contribution >= 0.6 is 23.2 Å².